The number of nitrogens with zero attached hydrogens (tertiary/aromatic N) is 1. The number of carbonyl (C=O) groups excluding carboxylic acids is 2. The van der Waals surface area contributed by atoms with Crippen LogP contribution in [0.15, 0.2) is 48.5 Å². The standard InChI is InChI=1S/C19H19NO4/c21-17-7-6-15(14-4-2-1-3-5-14)12-16(17)18(22)13-19(23)20-8-10-24-11-9-20/h1-7,12,21H,8-11,13H2. The molecule has 0 saturated carbocycles. The van der Waals surface area contributed by atoms with Gasteiger partial charge in [-0.2, -0.15) is 0 Å². The molecule has 5 heteroatoms. The van der Waals surface area contributed by atoms with Gasteiger partial charge < -0.3 is 14.7 Å². The van der Waals surface area contributed by atoms with E-state index in [1.165, 1.54) is 6.07 Å². The maximum Gasteiger partial charge on any atom is 0.230 e. The van der Waals surface area contributed by atoms with Gasteiger partial charge >= 0.3 is 0 Å². The second kappa shape index (κ2) is 7.27. The number of aromatic hydroxyl groups is 1. The molecule has 1 saturated heterocycles. The molecule has 5 nitrogen and oxygen atoms in total. The quantitative estimate of drug-likeness (QED) is 0.693. The molecule has 0 aromatic heterocycles. The zero-order valence-electron chi connectivity index (χ0n) is 13.3. The zero-order valence-corrected chi connectivity index (χ0v) is 13.3. The summed E-state index contributed by atoms with van der Waals surface area (Å²) in [5.74, 6) is -0.705. The number of amides is 1. The predicted octanol–water partition coefficient (Wildman–Crippen LogP) is 2.49. The summed E-state index contributed by atoms with van der Waals surface area (Å²) in [4.78, 5) is 26.3. The van der Waals surface area contributed by atoms with Crippen molar-refractivity contribution in [2.45, 2.75) is 6.42 Å². The van der Waals surface area contributed by atoms with Crippen molar-refractivity contribution in [3.63, 3.8) is 0 Å². The first-order valence-corrected chi connectivity index (χ1v) is 7.92. The third kappa shape index (κ3) is 3.63. The summed E-state index contributed by atoms with van der Waals surface area (Å²) in [6.45, 7) is 1.99. The Labute approximate surface area is 140 Å². The van der Waals surface area contributed by atoms with Gasteiger partial charge in [-0.15, -0.1) is 0 Å². The van der Waals surface area contributed by atoms with E-state index in [-0.39, 0.29) is 29.4 Å². The Balaban J connectivity index is 1.78. The third-order valence-corrected chi connectivity index (χ3v) is 4.08. The van der Waals surface area contributed by atoms with E-state index in [0.29, 0.717) is 26.3 Å². The molecule has 0 aliphatic carbocycles. The molecule has 2 aromatic carbocycles. The van der Waals surface area contributed by atoms with Crippen LogP contribution in [0.4, 0.5) is 0 Å². The van der Waals surface area contributed by atoms with Crippen LogP contribution in [0.1, 0.15) is 16.8 Å². The molecule has 0 spiro atoms. The molecule has 0 radical (unpaired) electrons. The topological polar surface area (TPSA) is 66.8 Å². The molecule has 1 aliphatic heterocycles. The summed E-state index contributed by atoms with van der Waals surface area (Å²) < 4.78 is 5.20. The highest BCUT2D eigenvalue weighted by molar-refractivity contribution is 6.09. The van der Waals surface area contributed by atoms with E-state index in [4.69, 9.17) is 4.74 Å². The van der Waals surface area contributed by atoms with E-state index in [1.807, 2.05) is 30.3 Å². The van der Waals surface area contributed by atoms with Crippen molar-refractivity contribution in [3.8, 4) is 16.9 Å². The van der Waals surface area contributed by atoms with Crippen molar-refractivity contribution < 1.29 is 19.4 Å². The van der Waals surface area contributed by atoms with Crippen LogP contribution in [-0.2, 0) is 9.53 Å². The number of phenolic OH excluding ortho intramolecular Hbond substituents is 1. The van der Waals surface area contributed by atoms with Crippen LogP contribution in [0.25, 0.3) is 11.1 Å². The van der Waals surface area contributed by atoms with Crippen LogP contribution in [0, 0.1) is 0 Å². The largest absolute Gasteiger partial charge is 0.507 e. The molecule has 0 unspecified atom stereocenters. The molecule has 1 N–H and O–H groups in total. The minimum Gasteiger partial charge on any atom is -0.507 e. The summed E-state index contributed by atoms with van der Waals surface area (Å²) in [6, 6.07) is 14.5. The van der Waals surface area contributed by atoms with Crippen molar-refractivity contribution in [2.75, 3.05) is 26.3 Å². The molecule has 124 valence electrons. The van der Waals surface area contributed by atoms with E-state index in [1.54, 1.807) is 17.0 Å². The van der Waals surface area contributed by atoms with Crippen LogP contribution in [-0.4, -0.2) is 48.0 Å². The van der Waals surface area contributed by atoms with Crippen molar-refractivity contribution in [1.82, 2.24) is 4.90 Å². The lowest BCUT2D eigenvalue weighted by Crippen LogP contribution is -2.41. The fraction of sp³-hybridized carbons (Fsp3) is 0.263. The molecule has 1 amide bonds. The highest BCUT2D eigenvalue weighted by Gasteiger charge is 2.22. The number of rotatable bonds is 4. The summed E-state index contributed by atoms with van der Waals surface area (Å²) in [5, 5.41) is 10.0. The van der Waals surface area contributed by atoms with Gasteiger partial charge in [-0.05, 0) is 23.3 Å². The van der Waals surface area contributed by atoms with Crippen LogP contribution in [0.3, 0.4) is 0 Å². The first-order chi connectivity index (χ1) is 11.6. The highest BCUT2D eigenvalue weighted by atomic mass is 16.5. The Hall–Kier alpha value is -2.66. The first-order valence-electron chi connectivity index (χ1n) is 7.92. The number of ketones is 1. The zero-order chi connectivity index (χ0) is 16.9. The number of ether oxygens (including phenoxy) is 1. The van der Waals surface area contributed by atoms with Gasteiger partial charge in [0.15, 0.2) is 5.78 Å². The number of hydrogen-bond acceptors (Lipinski definition) is 4. The number of carbonyl (C=O) groups is 2. The molecule has 1 fully saturated rings. The van der Waals surface area contributed by atoms with Gasteiger partial charge in [0.1, 0.15) is 5.75 Å². The van der Waals surface area contributed by atoms with Crippen LogP contribution in [0.5, 0.6) is 5.75 Å². The molecule has 2 aromatic rings. The third-order valence-electron chi connectivity index (χ3n) is 4.08. The van der Waals surface area contributed by atoms with Crippen molar-refractivity contribution in [2.24, 2.45) is 0 Å². The van der Waals surface area contributed by atoms with Gasteiger partial charge in [-0.25, -0.2) is 0 Å². The van der Waals surface area contributed by atoms with E-state index < -0.39 is 0 Å². The van der Waals surface area contributed by atoms with Gasteiger partial charge in [0.05, 0.1) is 25.2 Å². The van der Waals surface area contributed by atoms with Crippen LogP contribution in [0.2, 0.25) is 0 Å². The minimum absolute atomic E-state index is 0.102. The minimum atomic E-state index is -0.373. The molecule has 1 aliphatic rings. The van der Waals surface area contributed by atoms with Crippen molar-refractivity contribution in [1.29, 1.82) is 0 Å². The molecule has 24 heavy (non-hydrogen) atoms. The Morgan fingerprint density at radius 3 is 2.42 bits per heavy atom. The number of morpholine rings is 1. The van der Waals surface area contributed by atoms with E-state index in [0.717, 1.165) is 11.1 Å². The smallest absolute Gasteiger partial charge is 0.230 e. The fourth-order valence-electron chi connectivity index (χ4n) is 2.73. The SMILES string of the molecule is O=C(CC(=O)N1CCOCC1)c1cc(-c2ccccc2)ccc1O. The Morgan fingerprint density at radius 2 is 1.71 bits per heavy atom. The summed E-state index contributed by atoms with van der Waals surface area (Å²) in [7, 11) is 0. The van der Waals surface area contributed by atoms with Gasteiger partial charge in [-0.1, -0.05) is 36.4 Å². The van der Waals surface area contributed by atoms with E-state index in [2.05, 4.69) is 0 Å². The lowest BCUT2D eigenvalue weighted by atomic mass is 9.99. The highest BCUT2D eigenvalue weighted by Crippen LogP contribution is 2.27. The second-order valence-electron chi connectivity index (χ2n) is 5.69. The molecular weight excluding hydrogens is 306 g/mol. The van der Waals surface area contributed by atoms with E-state index >= 15 is 0 Å². The Kier molecular flexibility index (Phi) is 4.91. The number of Topliss-reactive ketones (excluding diaryl/α,β-unsaturated/α-hetero) is 1. The van der Waals surface area contributed by atoms with Crippen LogP contribution >= 0.6 is 0 Å². The van der Waals surface area contributed by atoms with Gasteiger partial charge in [-0.3, -0.25) is 9.59 Å². The number of benzene rings is 2. The lowest BCUT2D eigenvalue weighted by Gasteiger charge is -2.26. The molecule has 1 heterocycles. The maximum absolute atomic E-state index is 12.5. The van der Waals surface area contributed by atoms with Gasteiger partial charge in [0.25, 0.3) is 0 Å². The first kappa shape index (κ1) is 16.2. The molecule has 0 bridgehead atoms. The molecular formula is C19H19NO4. The van der Waals surface area contributed by atoms with E-state index in [9.17, 15) is 14.7 Å². The molecule has 0 atom stereocenters. The Morgan fingerprint density at radius 1 is 1.00 bits per heavy atom. The number of phenols is 1. The number of hydrogen-bond donors (Lipinski definition) is 1. The average Bonchev–Trinajstić information content (AvgIpc) is 2.63. The van der Waals surface area contributed by atoms with Crippen molar-refractivity contribution >= 4 is 11.7 Å². The predicted molar refractivity (Wildman–Crippen MR) is 89.9 cm³/mol. The lowest BCUT2D eigenvalue weighted by molar-refractivity contribution is -0.134. The van der Waals surface area contributed by atoms with Crippen LogP contribution < -0.4 is 0 Å². The summed E-state index contributed by atoms with van der Waals surface area (Å²) in [6.07, 6.45) is -0.244. The normalized spacial score (nSPS) is 14.4. The average molecular weight is 325 g/mol. The van der Waals surface area contributed by atoms with Crippen molar-refractivity contribution in [3.05, 3.63) is 54.1 Å². The molecule has 3 rings (SSSR count). The summed E-state index contributed by atoms with van der Waals surface area (Å²) >= 11 is 0. The monoisotopic (exact) mass is 325 g/mol. The fourth-order valence-corrected chi connectivity index (χ4v) is 2.73. The van der Waals surface area contributed by atoms with Gasteiger partial charge in [0.2, 0.25) is 5.91 Å². The maximum atomic E-state index is 12.5. The Bertz CT molecular complexity index is 736. The summed E-state index contributed by atoms with van der Waals surface area (Å²) in [5.41, 5.74) is 1.96. The van der Waals surface area contributed by atoms with Gasteiger partial charge in [0, 0.05) is 13.1 Å². The second-order valence-corrected chi connectivity index (χ2v) is 5.69.